The zero-order chi connectivity index (χ0) is 12.9. The van der Waals surface area contributed by atoms with Crippen molar-refractivity contribution in [2.75, 3.05) is 18.0 Å². The van der Waals surface area contributed by atoms with Crippen molar-refractivity contribution in [2.45, 2.75) is 18.1 Å². The summed E-state index contributed by atoms with van der Waals surface area (Å²) >= 11 is 0. The average molecular weight is 249 g/mol. The molecule has 3 rings (SSSR count). The molecule has 0 saturated carbocycles. The Kier molecular flexibility index (Phi) is 2.33. The third kappa shape index (κ3) is 1.49. The summed E-state index contributed by atoms with van der Waals surface area (Å²) in [6.07, 6.45) is 1.55. The standard InChI is InChI=1S/C9H15N9/c10-3-1-14-5(4(3)11)6-7-16-8(12)17-9(13)18(7)2-15-6/h2-5,14H,1,10-11H2,(H4,12,13,16,17)/t3-,4+,5+/m0/s1. The molecule has 2 aromatic heterocycles. The Hall–Kier alpha value is -1.97. The zero-order valence-corrected chi connectivity index (χ0v) is 9.61. The number of rotatable bonds is 1. The quantitative estimate of drug-likeness (QED) is 0.373. The molecule has 9 N–H and O–H groups in total. The highest BCUT2D eigenvalue weighted by molar-refractivity contribution is 5.53. The summed E-state index contributed by atoms with van der Waals surface area (Å²) in [5, 5.41) is 3.22. The number of aromatic nitrogens is 4. The molecule has 9 nitrogen and oxygen atoms in total. The van der Waals surface area contributed by atoms with Crippen LogP contribution >= 0.6 is 0 Å². The number of nitrogens with zero attached hydrogens (tertiary/aromatic N) is 4. The van der Waals surface area contributed by atoms with E-state index in [0.29, 0.717) is 17.9 Å². The van der Waals surface area contributed by atoms with E-state index in [4.69, 9.17) is 22.9 Å². The van der Waals surface area contributed by atoms with Gasteiger partial charge in [-0.1, -0.05) is 0 Å². The van der Waals surface area contributed by atoms with E-state index in [2.05, 4.69) is 20.3 Å². The van der Waals surface area contributed by atoms with E-state index in [1.165, 1.54) is 0 Å². The largest absolute Gasteiger partial charge is 0.369 e. The minimum Gasteiger partial charge on any atom is -0.369 e. The molecule has 0 unspecified atom stereocenters. The number of hydrogen-bond donors (Lipinski definition) is 5. The van der Waals surface area contributed by atoms with Crippen molar-refractivity contribution < 1.29 is 0 Å². The van der Waals surface area contributed by atoms with Gasteiger partial charge in [-0.05, 0) is 0 Å². The van der Waals surface area contributed by atoms with Crippen LogP contribution in [0.1, 0.15) is 11.7 Å². The van der Waals surface area contributed by atoms with Gasteiger partial charge in [0.05, 0.1) is 6.04 Å². The van der Waals surface area contributed by atoms with E-state index in [9.17, 15) is 0 Å². The van der Waals surface area contributed by atoms with Crippen molar-refractivity contribution in [1.29, 1.82) is 0 Å². The van der Waals surface area contributed by atoms with E-state index >= 15 is 0 Å². The monoisotopic (exact) mass is 249 g/mol. The number of nitrogen functional groups attached to an aromatic ring is 2. The molecule has 0 bridgehead atoms. The number of anilines is 2. The van der Waals surface area contributed by atoms with Crippen molar-refractivity contribution in [3.63, 3.8) is 0 Å². The van der Waals surface area contributed by atoms with Crippen LogP contribution in [0.25, 0.3) is 5.65 Å². The van der Waals surface area contributed by atoms with Crippen LogP contribution in [0.5, 0.6) is 0 Å². The second kappa shape index (κ2) is 3.77. The minimum atomic E-state index is -0.221. The molecule has 0 aromatic carbocycles. The Bertz CT molecular complexity index is 591. The molecule has 9 heteroatoms. The van der Waals surface area contributed by atoms with Crippen molar-refractivity contribution in [3.05, 3.63) is 12.0 Å². The van der Waals surface area contributed by atoms with Gasteiger partial charge in [0.25, 0.3) is 0 Å². The first-order valence-corrected chi connectivity index (χ1v) is 5.58. The third-order valence-electron chi connectivity index (χ3n) is 3.21. The fraction of sp³-hybridized carbons (Fsp3) is 0.444. The number of fused-ring (bicyclic) bond motifs is 1. The Labute approximate surface area is 103 Å². The topological polar surface area (TPSA) is 159 Å². The summed E-state index contributed by atoms with van der Waals surface area (Å²) in [7, 11) is 0. The van der Waals surface area contributed by atoms with Gasteiger partial charge in [-0.2, -0.15) is 9.97 Å². The van der Waals surface area contributed by atoms with Crippen molar-refractivity contribution in [3.8, 4) is 0 Å². The van der Waals surface area contributed by atoms with Gasteiger partial charge in [-0.15, -0.1) is 0 Å². The number of nitrogens with one attached hydrogen (secondary N) is 1. The molecule has 3 heterocycles. The van der Waals surface area contributed by atoms with Gasteiger partial charge in [0.15, 0.2) is 5.65 Å². The molecule has 0 amide bonds. The minimum absolute atomic E-state index is 0.108. The Balaban J connectivity index is 2.13. The smallest absolute Gasteiger partial charge is 0.225 e. The van der Waals surface area contributed by atoms with Crippen LogP contribution in [0.3, 0.4) is 0 Å². The summed E-state index contributed by atoms with van der Waals surface area (Å²) in [5.41, 5.74) is 24.5. The predicted molar refractivity (Wildman–Crippen MR) is 66.3 cm³/mol. The van der Waals surface area contributed by atoms with E-state index in [1.807, 2.05) is 0 Å². The molecule has 1 saturated heterocycles. The number of hydrogen-bond acceptors (Lipinski definition) is 8. The van der Waals surface area contributed by atoms with Crippen LogP contribution in [0.2, 0.25) is 0 Å². The van der Waals surface area contributed by atoms with Gasteiger partial charge in [0.2, 0.25) is 11.9 Å². The maximum absolute atomic E-state index is 6.04. The fourth-order valence-corrected chi connectivity index (χ4v) is 2.22. The third-order valence-corrected chi connectivity index (χ3v) is 3.21. The Morgan fingerprint density at radius 2 is 2.06 bits per heavy atom. The van der Waals surface area contributed by atoms with E-state index in [0.717, 1.165) is 0 Å². The number of imidazole rings is 1. The van der Waals surface area contributed by atoms with Gasteiger partial charge >= 0.3 is 0 Å². The highest BCUT2D eigenvalue weighted by Crippen LogP contribution is 2.24. The molecular weight excluding hydrogens is 234 g/mol. The summed E-state index contributed by atoms with van der Waals surface area (Å²) in [6.45, 7) is 0.640. The normalized spacial score (nSPS) is 28.0. The van der Waals surface area contributed by atoms with E-state index in [-0.39, 0.29) is 30.0 Å². The maximum atomic E-state index is 6.04. The lowest BCUT2D eigenvalue weighted by Gasteiger charge is -2.15. The molecular formula is C9H15N9. The van der Waals surface area contributed by atoms with Crippen LogP contribution in [-0.2, 0) is 0 Å². The highest BCUT2D eigenvalue weighted by Gasteiger charge is 2.34. The van der Waals surface area contributed by atoms with Crippen LogP contribution in [0.4, 0.5) is 11.9 Å². The molecule has 2 aromatic rings. The second-order valence-electron chi connectivity index (χ2n) is 4.39. The molecule has 0 radical (unpaired) electrons. The lowest BCUT2D eigenvalue weighted by atomic mass is 10.1. The molecule has 3 atom stereocenters. The summed E-state index contributed by atoms with van der Waals surface area (Å²) in [6, 6.07) is -0.483. The van der Waals surface area contributed by atoms with E-state index < -0.39 is 0 Å². The average Bonchev–Trinajstić information content (AvgIpc) is 2.85. The van der Waals surface area contributed by atoms with Gasteiger partial charge in [-0.25, -0.2) is 4.98 Å². The second-order valence-corrected chi connectivity index (χ2v) is 4.39. The molecule has 1 aliphatic heterocycles. The molecule has 96 valence electrons. The first kappa shape index (κ1) is 11.1. The fourth-order valence-electron chi connectivity index (χ4n) is 2.22. The van der Waals surface area contributed by atoms with Gasteiger partial charge < -0.3 is 28.3 Å². The molecule has 0 spiro atoms. The van der Waals surface area contributed by atoms with Gasteiger partial charge in [0.1, 0.15) is 12.0 Å². The molecule has 1 fully saturated rings. The zero-order valence-electron chi connectivity index (χ0n) is 9.61. The molecule has 18 heavy (non-hydrogen) atoms. The van der Waals surface area contributed by atoms with Crippen molar-refractivity contribution >= 4 is 17.5 Å². The van der Waals surface area contributed by atoms with Gasteiger partial charge in [-0.3, -0.25) is 4.40 Å². The molecule has 1 aliphatic rings. The highest BCUT2D eigenvalue weighted by atomic mass is 15.2. The van der Waals surface area contributed by atoms with Crippen molar-refractivity contribution in [2.24, 2.45) is 11.5 Å². The van der Waals surface area contributed by atoms with E-state index in [1.54, 1.807) is 10.7 Å². The van der Waals surface area contributed by atoms with Crippen LogP contribution < -0.4 is 28.3 Å². The first-order chi connectivity index (χ1) is 8.58. The summed E-state index contributed by atoms with van der Waals surface area (Å²) in [5.74, 6) is 0.352. The SMILES string of the molecule is Nc1nc(N)n2cnc([C@@H]3NC[C@H](N)[C@H]3N)c2n1. The lowest BCUT2D eigenvalue weighted by Crippen LogP contribution is -2.41. The maximum Gasteiger partial charge on any atom is 0.225 e. The Morgan fingerprint density at radius 3 is 2.72 bits per heavy atom. The predicted octanol–water partition coefficient (Wildman–Crippen LogP) is -2.41. The van der Waals surface area contributed by atoms with Crippen LogP contribution in [0.15, 0.2) is 6.33 Å². The lowest BCUT2D eigenvalue weighted by molar-refractivity contribution is 0.536. The Morgan fingerprint density at radius 1 is 1.28 bits per heavy atom. The van der Waals surface area contributed by atoms with Gasteiger partial charge in [0, 0.05) is 18.6 Å². The summed E-state index contributed by atoms with van der Waals surface area (Å²) < 4.78 is 1.57. The van der Waals surface area contributed by atoms with Crippen LogP contribution in [0, 0.1) is 0 Å². The number of nitrogens with two attached hydrogens (primary N) is 4. The first-order valence-electron chi connectivity index (χ1n) is 5.58. The van der Waals surface area contributed by atoms with Crippen molar-refractivity contribution in [1.82, 2.24) is 24.7 Å². The summed E-state index contributed by atoms with van der Waals surface area (Å²) in [4.78, 5) is 12.3. The van der Waals surface area contributed by atoms with Crippen LogP contribution in [-0.4, -0.2) is 38.0 Å². The molecule has 0 aliphatic carbocycles.